The van der Waals surface area contributed by atoms with Gasteiger partial charge in [-0.2, -0.15) is 10.2 Å². The topological polar surface area (TPSA) is 42.1 Å². The van der Waals surface area contributed by atoms with Crippen molar-refractivity contribution in [2.24, 2.45) is 0 Å². The van der Waals surface area contributed by atoms with E-state index in [1.165, 1.54) is 11.1 Å². The Balaban J connectivity index is 1.46. The Kier molecular flexibility index (Phi) is 4.10. The van der Waals surface area contributed by atoms with Crippen LogP contribution < -0.4 is 9.80 Å². The number of rotatable bonds is 2. The van der Waals surface area contributed by atoms with Crippen molar-refractivity contribution in [3.8, 4) is 11.4 Å². The first-order valence-electron chi connectivity index (χ1n) is 10.2. The zero-order chi connectivity index (χ0) is 21.3. The molecule has 0 atom stereocenters. The molecule has 0 fully saturated rings. The highest BCUT2D eigenvalue weighted by molar-refractivity contribution is 6.30. The largest absolute Gasteiger partial charge is 0.334 e. The van der Waals surface area contributed by atoms with E-state index in [2.05, 4.69) is 23.6 Å². The lowest BCUT2D eigenvalue weighted by Crippen LogP contribution is -2.47. The van der Waals surface area contributed by atoms with E-state index in [9.17, 15) is 0 Å². The number of anilines is 2. The standard InChI is InChI=1S/C23H20Cl2N6/c1-14-20-11-28-13-29(22(20)30(26-14)18-7-3-16(24)4-8-18)12-21-15(2)27-31(23(21)28)19-9-5-17(25)6-10-19/h3-10H,11-13H2,1-2H3. The minimum atomic E-state index is 0.723. The zero-order valence-corrected chi connectivity index (χ0v) is 18.7. The van der Waals surface area contributed by atoms with Gasteiger partial charge in [-0.05, 0) is 62.4 Å². The third-order valence-corrected chi connectivity index (χ3v) is 6.60. The lowest BCUT2D eigenvalue weighted by molar-refractivity contribution is 0.618. The molecule has 0 saturated carbocycles. The molecular weight excluding hydrogens is 431 g/mol. The maximum Gasteiger partial charge on any atom is 0.139 e. The van der Waals surface area contributed by atoms with Crippen LogP contribution in [0.15, 0.2) is 48.5 Å². The second-order valence-electron chi connectivity index (χ2n) is 8.09. The highest BCUT2D eigenvalue weighted by atomic mass is 35.5. The summed E-state index contributed by atoms with van der Waals surface area (Å²) in [6.07, 6.45) is 0. The fraction of sp³-hybridized carbons (Fsp3) is 0.217. The minimum Gasteiger partial charge on any atom is -0.334 e. The highest BCUT2D eigenvalue weighted by Crippen LogP contribution is 2.42. The minimum absolute atomic E-state index is 0.723. The molecule has 2 aliphatic rings. The second-order valence-corrected chi connectivity index (χ2v) is 8.96. The molecule has 6 rings (SSSR count). The number of nitrogens with zero attached hydrogens (tertiary/aromatic N) is 6. The molecule has 2 bridgehead atoms. The van der Waals surface area contributed by atoms with Crippen molar-refractivity contribution in [2.75, 3.05) is 16.5 Å². The van der Waals surface area contributed by atoms with Gasteiger partial charge in [-0.25, -0.2) is 9.36 Å². The first-order chi connectivity index (χ1) is 15.0. The normalized spacial score (nSPS) is 14.6. The fourth-order valence-electron chi connectivity index (χ4n) is 4.61. The molecule has 8 heteroatoms. The van der Waals surface area contributed by atoms with Crippen LogP contribution in [0.2, 0.25) is 10.0 Å². The van der Waals surface area contributed by atoms with Crippen molar-refractivity contribution >= 4 is 34.8 Å². The summed E-state index contributed by atoms with van der Waals surface area (Å²) in [7, 11) is 0. The summed E-state index contributed by atoms with van der Waals surface area (Å²) in [5.74, 6) is 2.31. The number of fused-ring (bicyclic) bond motifs is 6. The molecule has 4 heterocycles. The molecule has 4 aromatic rings. The number of halogens is 2. The van der Waals surface area contributed by atoms with Gasteiger partial charge in [0.25, 0.3) is 0 Å². The van der Waals surface area contributed by atoms with E-state index in [0.29, 0.717) is 0 Å². The number of benzene rings is 2. The van der Waals surface area contributed by atoms with Gasteiger partial charge in [0.05, 0.1) is 42.5 Å². The predicted molar refractivity (Wildman–Crippen MR) is 124 cm³/mol. The van der Waals surface area contributed by atoms with Crippen molar-refractivity contribution < 1.29 is 0 Å². The number of hydrogen-bond donors (Lipinski definition) is 0. The van der Waals surface area contributed by atoms with Gasteiger partial charge in [0.2, 0.25) is 0 Å². The Hall–Kier alpha value is -2.96. The predicted octanol–water partition coefficient (Wildman–Crippen LogP) is 5.28. The van der Waals surface area contributed by atoms with Gasteiger partial charge in [0.15, 0.2) is 0 Å². The highest BCUT2D eigenvalue weighted by Gasteiger charge is 2.37. The average Bonchev–Trinajstić information content (AvgIpc) is 3.27. The second kappa shape index (κ2) is 6.77. The molecule has 0 unspecified atom stereocenters. The number of aryl methyl sites for hydroxylation is 2. The fourth-order valence-corrected chi connectivity index (χ4v) is 4.86. The quantitative estimate of drug-likeness (QED) is 0.416. The van der Waals surface area contributed by atoms with E-state index in [1.54, 1.807) is 0 Å². The van der Waals surface area contributed by atoms with Crippen molar-refractivity contribution in [1.29, 1.82) is 0 Å². The third-order valence-electron chi connectivity index (χ3n) is 6.10. The summed E-state index contributed by atoms with van der Waals surface area (Å²) < 4.78 is 4.09. The molecule has 0 aliphatic carbocycles. The summed E-state index contributed by atoms with van der Waals surface area (Å²) >= 11 is 12.2. The van der Waals surface area contributed by atoms with Gasteiger partial charge in [-0.3, -0.25) is 0 Å². The first-order valence-corrected chi connectivity index (χ1v) is 10.9. The molecule has 6 nitrogen and oxygen atoms in total. The van der Waals surface area contributed by atoms with Gasteiger partial charge in [-0.15, -0.1) is 0 Å². The Bertz CT molecular complexity index is 1200. The average molecular weight is 451 g/mol. The Morgan fingerprint density at radius 1 is 0.645 bits per heavy atom. The molecule has 0 N–H and O–H groups in total. The van der Waals surface area contributed by atoms with Crippen LogP contribution in [-0.2, 0) is 13.1 Å². The Morgan fingerprint density at radius 3 is 1.42 bits per heavy atom. The zero-order valence-electron chi connectivity index (χ0n) is 17.2. The smallest absolute Gasteiger partial charge is 0.139 e. The molecular formula is C23H20Cl2N6. The molecule has 0 radical (unpaired) electrons. The van der Waals surface area contributed by atoms with E-state index < -0.39 is 0 Å². The van der Waals surface area contributed by atoms with Crippen molar-refractivity contribution in [3.05, 3.63) is 81.1 Å². The Morgan fingerprint density at radius 2 is 1.03 bits per heavy atom. The number of hydrogen-bond acceptors (Lipinski definition) is 4. The van der Waals surface area contributed by atoms with Crippen molar-refractivity contribution in [1.82, 2.24) is 19.6 Å². The molecule has 2 aliphatic heterocycles. The van der Waals surface area contributed by atoms with Gasteiger partial charge < -0.3 is 9.80 Å². The van der Waals surface area contributed by atoms with E-state index in [-0.39, 0.29) is 0 Å². The van der Waals surface area contributed by atoms with E-state index in [1.807, 2.05) is 57.9 Å². The van der Waals surface area contributed by atoms with Crippen LogP contribution in [0.25, 0.3) is 11.4 Å². The van der Waals surface area contributed by atoms with Crippen LogP contribution in [0.5, 0.6) is 0 Å². The van der Waals surface area contributed by atoms with Crippen LogP contribution in [0.3, 0.4) is 0 Å². The lowest BCUT2D eigenvalue weighted by atomic mass is 10.1. The summed E-state index contributed by atoms with van der Waals surface area (Å²) in [4.78, 5) is 4.77. The molecule has 0 spiro atoms. The molecule has 0 amide bonds. The third kappa shape index (κ3) is 2.86. The molecule has 2 aromatic heterocycles. The van der Waals surface area contributed by atoms with Gasteiger partial charge in [-0.1, -0.05) is 23.2 Å². The van der Waals surface area contributed by atoms with Crippen LogP contribution in [0.1, 0.15) is 22.5 Å². The van der Waals surface area contributed by atoms with E-state index in [0.717, 1.165) is 64.2 Å². The Labute approximate surface area is 190 Å². The van der Waals surface area contributed by atoms with Crippen LogP contribution in [0.4, 0.5) is 11.6 Å². The molecule has 2 aromatic carbocycles. The summed E-state index contributed by atoms with van der Waals surface area (Å²) in [6.45, 7) is 6.53. The van der Waals surface area contributed by atoms with Gasteiger partial charge in [0.1, 0.15) is 11.6 Å². The molecule has 156 valence electrons. The maximum absolute atomic E-state index is 6.10. The van der Waals surface area contributed by atoms with Crippen molar-refractivity contribution in [3.63, 3.8) is 0 Å². The van der Waals surface area contributed by atoms with Crippen molar-refractivity contribution in [2.45, 2.75) is 26.9 Å². The first kappa shape index (κ1) is 18.8. The molecule has 0 saturated heterocycles. The maximum atomic E-state index is 6.10. The van der Waals surface area contributed by atoms with E-state index >= 15 is 0 Å². The summed E-state index contributed by atoms with van der Waals surface area (Å²) in [6, 6.07) is 15.7. The summed E-state index contributed by atoms with van der Waals surface area (Å²) in [5, 5.41) is 11.2. The molecule has 31 heavy (non-hydrogen) atoms. The monoisotopic (exact) mass is 450 g/mol. The van der Waals surface area contributed by atoms with Crippen LogP contribution in [-0.4, -0.2) is 26.2 Å². The summed E-state index contributed by atoms with van der Waals surface area (Å²) in [5.41, 5.74) is 6.60. The van der Waals surface area contributed by atoms with Crippen LogP contribution >= 0.6 is 23.2 Å². The lowest BCUT2D eigenvalue weighted by Gasteiger charge is -2.42. The van der Waals surface area contributed by atoms with Gasteiger partial charge >= 0.3 is 0 Å². The number of aromatic nitrogens is 4. The van der Waals surface area contributed by atoms with E-state index in [4.69, 9.17) is 33.4 Å². The van der Waals surface area contributed by atoms with Crippen LogP contribution in [0, 0.1) is 13.8 Å². The van der Waals surface area contributed by atoms with Gasteiger partial charge in [0, 0.05) is 21.2 Å². The SMILES string of the molecule is Cc1nn(-c2ccc(Cl)cc2)c2c1CN1CN2Cc2c(C)nn(-c3ccc(Cl)cc3)c21.